The molecule has 0 amide bonds. The van der Waals surface area contributed by atoms with Crippen LogP contribution >= 0.6 is 24.0 Å². The summed E-state index contributed by atoms with van der Waals surface area (Å²) in [5, 5.41) is 14.5. The standard InChI is InChI=1S/C15H20ClN3O.ClH/c1-9(17)11-7-10-5-4-6-12(16)13(10)19-14(11)18-8-15(2,3)20;/h4-7,9,20H,8,17H2,1-3H3,(H,18,19);1H/t9-;/m0./s1. The summed E-state index contributed by atoms with van der Waals surface area (Å²) in [6, 6.07) is 7.49. The maximum Gasteiger partial charge on any atom is 0.131 e. The minimum Gasteiger partial charge on any atom is -0.389 e. The predicted octanol–water partition coefficient (Wildman–Crippen LogP) is 3.51. The molecule has 21 heavy (non-hydrogen) atoms. The first-order valence-corrected chi connectivity index (χ1v) is 6.97. The molecule has 0 unspecified atom stereocenters. The second-order valence-electron chi connectivity index (χ2n) is 5.69. The van der Waals surface area contributed by atoms with Crippen LogP contribution in [0.3, 0.4) is 0 Å². The topological polar surface area (TPSA) is 71.2 Å². The van der Waals surface area contributed by atoms with Crippen LogP contribution in [-0.4, -0.2) is 22.2 Å². The van der Waals surface area contributed by atoms with Crippen molar-refractivity contribution in [2.45, 2.75) is 32.4 Å². The zero-order valence-electron chi connectivity index (χ0n) is 12.4. The molecule has 4 N–H and O–H groups in total. The van der Waals surface area contributed by atoms with Crippen molar-refractivity contribution in [3.63, 3.8) is 0 Å². The van der Waals surface area contributed by atoms with Crippen LogP contribution in [0.25, 0.3) is 10.9 Å². The van der Waals surface area contributed by atoms with E-state index in [1.165, 1.54) is 0 Å². The number of pyridine rings is 1. The summed E-state index contributed by atoms with van der Waals surface area (Å²) in [4.78, 5) is 4.56. The molecule has 0 aliphatic carbocycles. The number of benzene rings is 1. The third kappa shape index (κ3) is 4.45. The highest BCUT2D eigenvalue weighted by Gasteiger charge is 2.16. The SMILES string of the molecule is C[C@H](N)c1cc2cccc(Cl)c2nc1NCC(C)(C)O.Cl. The van der Waals surface area contributed by atoms with E-state index < -0.39 is 5.60 Å². The van der Waals surface area contributed by atoms with E-state index >= 15 is 0 Å². The molecular formula is C15H21Cl2N3O. The van der Waals surface area contributed by atoms with Gasteiger partial charge in [-0.05, 0) is 32.9 Å². The van der Waals surface area contributed by atoms with Crippen molar-refractivity contribution in [3.05, 3.63) is 34.9 Å². The number of fused-ring (bicyclic) bond motifs is 1. The Balaban J connectivity index is 0.00000220. The molecule has 2 aromatic rings. The highest BCUT2D eigenvalue weighted by atomic mass is 35.5. The molecule has 2 rings (SSSR count). The summed E-state index contributed by atoms with van der Waals surface area (Å²) in [6.45, 7) is 5.76. The van der Waals surface area contributed by atoms with Gasteiger partial charge in [0.05, 0.1) is 16.1 Å². The summed E-state index contributed by atoms with van der Waals surface area (Å²) in [7, 11) is 0. The van der Waals surface area contributed by atoms with Crippen LogP contribution in [0, 0.1) is 0 Å². The number of rotatable bonds is 4. The monoisotopic (exact) mass is 329 g/mol. The van der Waals surface area contributed by atoms with Crippen LogP contribution in [-0.2, 0) is 0 Å². The van der Waals surface area contributed by atoms with Crippen molar-refractivity contribution >= 4 is 40.7 Å². The van der Waals surface area contributed by atoms with Crippen LogP contribution in [0.5, 0.6) is 0 Å². The summed E-state index contributed by atoms with van der Waals surface area (Å²) in [5.74, 6) is 0.669. The number of aliphatic hydroxyl groups is 1. The number of hydrogen-bond donors (Lipinski definition) is 3. The van der Waals surface area contributed by atoms with Gasteiger partial charge in [-0.2, -0.15) is 0 Å². The van der Waals surface area contributed by atoms with E-state index in [0.717, 1.165) is 16.5 Å². The highest BCUT2D eigenvalue weighted by Crippen LogP contribution is 2.28. The van der Waals surface area contributed by atoms with E-state index in [0.29, 0.717) is 17.4 Å². The van der Waals surface area contributed by atoms with Crippen LogP contribution in [0.4, 0.5) is 5.82 Å². The maximum absolute atomic E-state index is 9.83. The Morgan fingerprint density at radius 3 is 2.67 bits per heavy atom. The number of nitrogens with two attached hydrogens (primary N) is 1. The highest BCUT2D eigenvalue weighted by molar-refractivity contribution is 6.35. The molecule has 116 valence electrons. The van der Waals surface area contributed by atoms with Crippen molar-refractivity contribution in [1.82, 2.24) is 4.98 Å². The van der Waals surface area contributed by atoms with Crippen molar-refractivity contribution in [2.75, 3.05) is 11.9 Å². The van der Waals surface area contributed by atoms with Gasteiger partial charge in [0, 0.05) is 23.5 Å². The lowest BCUT2D eigenvalue weighted by molar-refractivity contribution is 0.0944. The molecule has 1 heterocycles. The fourth-order valence-electron chi connectivity index (χ4n) is 1.97. The molecule has 0 saturated carbocycles. The summed E-state index contributed by atoms with van der Waals surface area (Å²) in [5.41, 5.74) is 6.82. The summed E-state index contributed by atoms with van der Waals surface area (Å²) in [6.07, 6.45) is 0. The lowest BCUT2D eigenvalue weighted by atomic mass is 10.1. The summed E-state index contributed by atoms with van der Waals surface area (Å²) < 4.78 is 0. The Bertz CT molecular complexity index is 624. The zero-order chi connectivity index (χ0) is 14.9. The second-order valence-corrected chi connectivity index (χ2v) is 6.10. The number of halogens is 2. The number of aromatic nitrogens is 1. The van der Waals surface area contributed by atoms with Crippen molar-refractivity contribution in [1.29, 1.82) is 0 Å². The third-order valence-electron chi connectivity index (χ3n) is 3.01. The first-order valence-electron chi connectivity index (χ1n) is 6.59. The number of nitrogens with zero attached hydrogens (tertiary/aromatic N) is 1. The molecule has 0 bridgehead atoms. The first kappa shape index (κ1) is 18.0. The molecule has 0 saturated heterocycles. The Labute approximate surface area is 136 Å². The Morgan fingerprint density at radius 2 is 2.10 bits per heavy atom. The molecule has 6 heteroatoms. The predicted molar refractivity (Wildman–Crippen MR) is 91.4 cm³/mol. The molecule has 0 fully saturated rings. The minimum absolute atomic E-state index is 0. The van der Waals surface area contributed by atoms with Crippen molar-refractivity contribution in [3.8, 4) is 0 Å². The largest absolute Gasteiger partial charge is 0.389 e. The smallest absolute Gasteiger partial charge is 0.131 e. The second kappa shape index (κ2) is 6.79. The average molecular weight is 330 g/mol. The van der Waals surface area contributed by atoms with E-state index in [1.807, 2.05) is 31.2 Å². The summed E-state index contributed by atoms with van der Waals surface area (Å²) >= 11 is 6.18. The van der Waals surface area contributed by atoms with Crippen LogP contribution < -0.4 is 11.1 Å². The van der Waals surface area contributed by atoms with Crippen LogP contribution in [0.1, 0.15) is 32.4 Å². The molecule has 0 spiro atoms. The fraction of sp³-hybridized carbons (Fsp3) is 0.400. The Kier molecular flexibility index (Phi) is 5.82. The van der Waals surface area contributed by atoms with E-state index in [-0.39, 0.29) is 18.4 Å². The molecule has 1 atom stereocenters. The van der Waals surface area contributed by atoms with Crippen LogP contribution in [0.2, 0.25) is 5.02 Å². The average Bonchev–Trinajstić information content (AvgIpc) is 2.35. The first-order chi connectivity index (χ1) is 9.28. The van der Waals surface area contributed by atoms with Gasteiger partial charge in [-0.1, -0.05) is 23.7 Å². The lowest BCUT2D eigenvalue weighted by Gasteiger charge is -2.21. The zero-order valence-corrected chi connectivity index (χ0v) is 13.9. The van der Waals surface area contributed by atoms with Gasteiger partial charge >= 0.3 is 0 Å². The third-order valence-corrected chi connectivity index (χ3v) is 3.31. The number of nitrogens with one attached hydrogen (secondary N) is 1. The van der Waals surface area contributed by atoms with Crippen molar-refractivity contribution < 1.29 is 5.11 Å². The quantitative estimate of drug-likeness (QED) is 0.802. The van der Waals surface area contributed by atoms with Gasteiger partial charge in [0.2, 0.25) is 0 Å². The van der Waals surface area contributed by atoms with Gasteiger partial charge in [0.15, 0.2) is 0 Å². The van der Waals surface area contributed by atoms with Crippen molar-refractivity contribution in [2.24, 2.45) is 5.73 Å². The molecule has 1 aromatic heterocycles. The van der Waals surface area contributed by atoms with Crippen LogP contribution in [0.15, 0.2) is 24.3 Å². The Morgan fingerprint density at radius 1 is 1.43 bits per heavy atom. The molecule has 0 aliphatic heterocycles. The van der Waals surface area contributed by atoms with Gasteiger partial charge in [-0.3, -0.25) is 0 Å². The van der Waals surface area contributed by atoms with E-state index in [9.17, 15) is 5.11 Å². The minimum atomic E-state index is -0.827. The Hall–Kier alpha value is -1.07. The number of hydrogen-bond acceptors (Lipinski definition) is 4. The molecular weight excluding hydrogens is 309 g/mol. The van der Waals surface area contributed by atoms with Gasteiger partial charge in [-0.15, -0.1) is 12.4 Å². The number of anilines is 1. The van der Waals surface area contributed by atoms with E-state index in [1.54, 1.807) is 13.8 Å². The van der Waals surface area contributed by atoms with Gasteiger partial charge in [0.1, 0.15) is 5.82 Å². The number of para-hydroxylation sites is 1. The van der Waals surface area contributed by atoms with Gasteiger partial charge in [-0.25, -0.2) is 4.98 Å². The molecule has 4 nitrogen and oxygen atoms in total. The van der Waals surface area contributed by atoms with Gasteiger partial charge < -0.3 is 16.2 Å². The lowest BCUT2D eigenvalue weighted by Crippen LogP contribution is -2.30. The molecule has 0 aliphatic rings. The molecule has 0 radical (unpaired) electrons. The van der Waals surface area contributed by atoms with Gasteiger partial charge in [0.25, 0.3) is 0 Å². The van der Waals surface area contributed by atoms with E-state index in [4.69, 9.17) is 17.3 Å². The van der Waals surface area contributed by atoms with E-state index in [2.05, 4.69) is 10.3 Å². The molecule has 1 aromatic carbocycles. The normalized spacial score (nSPS) is 12.9. The maximum atomic E-state index is 9.83. The fourth-order valence-corrected chi connectivity index (χ4v) is 2.19.